The summed E-state index contributed by atoms with van der Waals surface area (Å²) >= 11 is 1.60. The molecule has 2 aliphatic rings. The Morgan fingerprint density at radius 1 is 0.623 bits per heavy atom. The van der Waals surface area contributed by atoms with E-state index in [4.69, 9.17) is 11.7 Å². The van der Waals surface area contributed by atoms with Gasteiger partial charge in [0.05, 0.1) is 6.57 Å². The third-order valence-electron chi connectivity index (χ3n) is 10.7. The SMILES string of the molecule is [C-]#[N+]/C(=C\C=C\c1ccc(/C=C/c2ccc(N(c3ccc4c(c3)C(C)(C)c3ccccc3-4)c3ccc4c(c3)C(C)(C)c3ccccc3-4)cc2)s1)C(=O)O. The number of hydrogen-bond donors (Lipinski definition) is 1. The van der Waals surface area contributed by atoms with Gasteiger partial charge in [-0.05, 0) is 117 Å². The van der Waals surface area contributed by atoms with Crippen LogP contribution in [0.1, 0.15) is 65.3 Å². The molecule has 53 heavy (non-hydrogen) atoms. The molecule has 8 rings (SSSR count). The topological polar surface area (TPSA) is 44.9 Å². The van der Waals surface area contributed by atoms with Crippen LogP contribution >= 0.6 is 11.3 Å². The summed E-state index contributed by atoms with van der Waals surface area (Å²) in [4.78, 5) is 18.6. The quantitative estimate of drug-likeness (QED) is 0.0973. The van der Waals surface area contributed by atoms with Gasteiger partial charge in [-0.15, -0.1) is 11.3 Å². The molecule has 0 unspecified atom stereocenters. The van der Waals surface area contributed by atoms with Gasteiger partial charge in [-0.3, -0.25) is 4.79 Å². The molecule has 0 atom stereocenters. The number of benzene rings is 5. The average molecular weight is 707 g/mol. The molecule has 1 aromatic heterocycles. The average Bonchev–Trinajstić information content (AvgIpc) is 3.79. The van der Waals surface area contributed by atoms with Gasteiger partial charge in [-0.25, -0.2) is 4.85 Å². The van der Waals surface area contributed by atoms with Gasteiger partial charge in [0, 0.05) is 37.6 Å². The molecule has 4 nitrogen and oxygen atoms in total. The highest BCUT2D eigenvalue weighted by atomic mass is 32.1. The lowest BCUT2D eigenvalue weighted by atomic mass is 9.82. The highest BCUT2D eigenvalue weighted by Crippen LogP contribution is 2.53. The summed E-state index contributed by atoms with van der Waals surface area (Å²) in [5.74, 6) is -1.22. The lowest BCUT2D eigenvalue weighted by Gasteiger charge is -2.29. The molecule has 0 aliphatic heterocycles. The van der Waals surface area contributed by atoms with Crippen LogP contribution in [0.15, 0.2) is 139 Å². The van der Waals surface area contributed by atoms with Gasteiger partial charge >= 0.3 is 5.97 Å². The first kappa shape index (κ1) is 33.9. The van der Waals surface area contributed by atoms with Crippen molar-refractivity contribution in [2.45, 2.75) is 38.5 Å². The lowest BCUT2D eigenvalue weighted by Crippen LogP contribution is -2.18. The predicted molar refractivity (Wildman–Crippen MR) is 221 cm³/mol. The van der Waals surface area contributed by atoms with E-state index in [1.165, 1.54) is 50.6 Å². The van der Waals surface area contributed by atoms with E-state index >= 15 is 0 Å². The Bertz CT molecular complexity index is 2450. The number of carboxylic acid groups (broad SMARTS) is 1. The monoisotopic (exact) mass is 706 g/mol. The Balaban J connectivity index is 1.14. The lowest BCUT2D eigenvalue weighted by molar-refractivity contribution is -0.132. The molecule has 258 valence electrons. The van der Waals surface area contributed by atoms with Crippen molar-refractivity contribution in [3.63, 3.8) is 0 Å². The highest BCUT2D eigenvalue weighted by Gasteiger charge is 2.37. The van der Waals surface area contributed by atoms with Gasteiger partial charge in [0.1, 0.15) is 0 Å². The van der Waals surface area contributed by atoms with Crippen molar-refractivity contribution in [2.75, 3.05) is 4.90 Å². The van der Waals surface area contributed by atoms with Crippen molar-refractivity contribution >= 4 is 52.6 Å². The molecular weight excluding hydrogens is 669 g/mol. The molecule has 0 saturated carbocycles. The van der Waals surface area contributed by atoms with Crippen LogP contribution in [0, 0.1) is 6.57 Å². The molecule has 0 fully saturated rings. The van der Waals surface area contributed by atoms with Gasteiger partial charge in [0.2, 0.25) is 0 Å². The van der Waals surface area contributed by atoms with Crippen LogP contribution in [0.4, 0.5) is 17.1 Å². The maximum absolute atomic E-state index is 11.1. The normalized spacial score (nSPS) is 14.8. The number of hydrogen-bond acceptors (Lipinski definition) is 3. The number of carbonyl (C=O) groups is 1. The van der Waals surface area contributed by atoms with Gasteiger partial charge in [0.15, 0.2) is 0 Å². The fraction of sp³-hybridized carbons (Fsp3) is 0.125. The number of allylic oxidation sites excluding steroid dienone is 2. The zero-order valence-corrected chi connectivity index (χ0v) is 30.9. The Morgan fingerprint density at radius 3 is 1.64 bits per heavy atom. The molecule has 1 N–H and O–H groups in total. The fourth-order valence-corrected chi connectivity index (χ4v) is 8.79. The number of carboxylic acids is 1. The molecule has 5 heteroatoms. The van der Waals surface area contributed by atoms with Crippen LogP contribution in [0.3, 0.4) is 0 Å². The first-order valence-electron chi connectivity index (χ1n) is 17.7. The number of thiophene rings is 1. The minimum atomic E-state index is -1.22. The highest BCUT2D eigenvalue weighted by molar-refractivity contribution is 7.13. The maximum atomic E-state index is 11.1. The predicted octanol–water partition coefficient (Wildman–Crippen LogP) is 12.9. The summed E-state index contributed by atoms with van der Waals surface area (Å²) in [6, 6.07) is 44.2. The van der Waals surface area contributed by atoms with Crippen LogP contribution in [0.2, 0.25) is 0 Å². The van der Waals surface area contributed by atoms with E-state index in [1.54, 1.807) is 17.4 Å². The zero-order valence-electron chi connectivity index (χ0n) is 30.1. The number of anilines is 3. The molecule has 0 bridgehead atoms. The molecular formula is C48H38N2O2S. The Hall–Kier alpha value is -6.22. The van der Waals surface area contributed by atoms with E-state index in [0.717, 1.165) is 32.4 Å². The molecule has 2 aliphatic carbocycles. The fourth-order valence-electron chi connectivity index (χ4n) is 7.96. The standard InChI is InChI=1S/C48H38N2O2S/c1-47(2)41-14-8-6-12-37(41)39-27-22-33(29-43(39)47)50(34-23-28-40-38-13-7-9-15-42(38)48(3,4)44(40)30-34)32-20-17-31(18-21-32)19-24-36-26-25-35(53-36)11-10-16-45(49-5)46(51)52/h6-30H,1-4H3,(H,51,52)/b11-10+,24-19+,45-16-. The van der Waals surface area contributed by atoms with Gasteiger partial charge < -0.3 is 10.0 Å². The van der Waals surface area contributed by atoms with Crippen molar-refractivity contribution in [3.05, 3.63) is 188 Å². The summed E-state index contributed by atoms with van der Waals surface area (Å²) in [7, 11) is 0. The Kier molecular flexibility index (Phi) is 8.36. The summed E-state index contributed by atoms with van der Waals surface area (Å²) in [6.45, 7) is 16.3. The smallest absolute Gasteiger partial charge is 0.333 e. The molecule has 0 spiro atoms. The largest absolute Gasteiger partial charge is 0.486 e. The molecule has 0 radical (unpaired) electrons. The van der Waals surface area contributed by atoms with Gasteiger partial charge in [-0.1, -0.05) is 113 Å². The van der Waals surface area contributed by atoms with Crippen LogP contribution in [0.25, 0.3) is 45.3 Å². The molecule has 5 aromatic carbocycles. The van der Waals surface area contributed by atoms with Gasteiger partial charge in [0.25, 0.3) is 5.70 Å². The van der Waals surface area contributed by atoms with Crippen molar-refractivity contribution in [1.29, 1.82) is 0 Å². The molecule has 1 heterocycles. The second-order valence-electron chi connectivity index (χ2n) is 14.6. The minimum absolute atomic E-state index is 0.114. The Labute approximate surface area is 315 Å². The number of nitrogens with zero attached hydrogens (tertiary/aromatic N) is 2. The minimum Gasteiger partial charge on any atom is -0.486 e. The third-order valence-corrected chi connectivity index (χ3v) is 11.8. The number of fused-ring (bicyclic) bond motifs is 6. The molecule has 0 amide bonds. The van der Waals surface area contributed by atoms with Crippen molar-refractivity contribution < 1.29 is 9.90 Å². The molecule has 0 saturated heterocycles. The maximum Gasteiger partial charge on any atom is 0.333 e. The van der Waals surface area contributed by atoms with Crippen molar-refractivity contribution in [2.24, 2.45) is 0 Å². The first-order valence-corrected chi connectivity index (χ1v) is 18.5. The van der Waals surface area contributed by atoms with Crippen LogP contribution in [-0.4, -0.2) is 11.1 Å². The third kappa shape index (κ3) is 5.92. The van der Waals surface area contributed by atoms with E-state index in [9.17, 15) is 4.79 Å². The van der Waals surface area contributed by atoms with E-state index in [0.29, 0.717) is 0 Å². The number of rotatable bonds is 8. The van der Waals surface area contributed by atoms with Crippen molar-refractivity contribution in [3.8, 4) is 22.3 Å². The summed E-state index contributed by atoms with van der Waals surface area (Å²) in [6.07, 6.45) is 8.94. The second-order valence-corrected chi connectivity index (χ2v) is 15.8. The summed E-state index contributed by atoms with van der Waals surface area (Å²) in [5, 5.41) is 9.06. The summed E-state index contributed by atoms with van der Waals surface area (Å²) < 4.78 is 0. The van der Waals surface area contributed by atoms with E-state index in [2.05, 4.69) is 159 Å². The van der Waals surface area contributed by atoms with E-state index in [1.807, 2.05) is 18.2 Å². The zero-order chi connectivity index (χ0) is 36.9. The van der Waals surface area contributed by atoms with E-state index < -0.39 is 5.97 Å². The first-order chi connectivity index (χ1) is 25.6. The van der Waals surface area contributed by atoms with Crippen LogP contribution < -0.4 is 4.90 Å². The van der Waals surface area contributed by atoms with E-state index in [-0.39, 0.29) is 16.5 Å². The summed E-state index contributed by atoms with van der Waals surface area (Å²) in [5.41, 5.74) is 14.5. The van der Waals surface area contributed by atoms with Crippen LogP contribution in [0.5, 0.6) is 0 Å². The van der Waals surface area contributed by atoms with Crippen molar-refractivity contribution in [1.82, 2.24) is 0 Å². The Morgan fingerprint density at radius 2 is 1.11 bits per heavy atom. The second kappa shape index (κ2) is 13.1. The van der Waals surface area contributed by atoms with Crippen LogP contribution in [-0.2, 0) is 15.6 Å². The molecule has 6 aromatic rings. The van der Waals surface area contributed by atoms with Gasteiger partial charge in [-0.2, -0.15) is 0 Å². The number of aliphatic carboxylic acids is 1.